The first-order chi connectivity index (χ1) is 16.0. The van der Waals surface area contributed by atoms with Gasteiger partial charge in [0.1, 0.15) is 18.2 Å². The van der Waals surface area contributed by atoms with Gasteiger partial charge >= 0.3 is 5.97 Å². The van der Waals surface area contributed by atoms with E-state index in [1.54, 1.807) is 12.1 Å². The zero-order valence-electron chi connectivity index (χ0n) is 17.2. The third-order valence-corrected chi connectivity index (χ3v) is 5.66. The molecule has 0 fully saturated rings. The molecule has 0 aliphatic heterocycles. The summed E-state index contributed by atoms with van der Waals surface area (Å²) in [5, 5.41) is 23.3. The first-order valence-electron chi connectivity index (χ1n) is 9.52. The third-order valence-electron chi connectivity index (χ3n) is 4.77. The number of hydrogen-bond donors (Lipinski definition) is 0. The van der Waals surface area contributed by atoms with Gasteiger partial charge in [0, 0.05) is 17.2 Å². The van der Waals surface area contributed by atoms with Crippen LogP contribution in [0, 0.1) is 21.4 Å². The predicted molar refractivity (Wildman–Crippen MR) is 119 cm³/mol. The van der Waals surface area contributed by atoms with E-state index in [-0.39, 0.29) is 34.9 Å². The van der Waals surface area contributed by atoms with Crippen molar-refractivity contribution in [2.45, 2.75) is 6.61 Å². The Morgan fingerprint density at radius 2 is 2.15 bits per heavy atom. The number of carbonyl (C=O) groups excluding carboxylic acids is 1. The Labute approximate surface area is 191 Å². The van der Waals surface area contributed by atoms with Crippen molar-refractivity contribution in [2.24, 2.45) is 0 Å². The van der Waals surface area contributed by atoms with E-state index in [2.05, 4.69) is 15.8 Å². The molecule has 0 atom stereocenters. The van der Waals surface area contributed by atoms with Crippen LogP contribution in [0.4, 0.5) is 5.69 Å². The summed E-state index contributed by atoms with van der Waals surface area (Å²) in [7, 11) is 1.19. The fourth-order valence-electron chi connectivity index (χ4n) is 3.18. The topological polar surface area (TPSA) is 128 Å². The van der Waals surface area contributed by atoms with Gasteiger partial charge in [-0.1, -0.05) is 6.07 Å². The molecule has 10 heteroatoms. The number of aromatic nitrogens is 1. The number of nitriles is 1. The number of furan rings is 1. The number of nitro groups is 1. The number of methoxy groups -OCH3 is 1. The summed E-state index contributed by atoms with van der Waals surface area (Å²) < 4.78 is 15.6. The molecule has 0 amide bonds. The van der Waals surface area contributed by atoms with Crippen molar-refractivity contribution in [1.82, 2.24) is 4.98 Å². The third kappa shape index (κ3) is 4.44. The lowest BCUT2D eigenvalue weighted by atomic mass is 10.0. The Bertz CT molecular complexity index is 1360. The van der Waals surface area contributed by atoms with Gasteiger partial charge in [-0.15, -0.1) is 11.3 Å². The molecule has 0 spiro atoms. The molecule has 4 rings (SSSR count). The molecular weight excluding hydrogens is 446 g/mol. The number of esters is 1. The maximum absolute atomic E-state index is 11.7. The van der Waals surface area contributed by atoms with Crippen molar-refractivity contribution in [2.75, 3.05) is 7.11 Å². The Morgan fingerprint density at radius 3 is 2.79 bits per heavy atom. The number of thiophene rings is 1. The van der Waals surface area contributed by atoms with Crippen molar-refractivity contribution in [3.8, 4) is 33.6 Å². The molecule has 0 unspecified atom stereocenters. The van der Waals surface area contributed by atoms with Crippen LogP contribution in [0.5, 0.6) is 5.88 Å². The van der Waals surface area contributed by atoms with E-state index in [1.807, 2.05) is 17.5 Å². The average Bonchev–Trinajstić information content (AvgIpc) is 3.56. The van der Waals surface area contributed by atoms with Crippen LogP contribution >= 0.6 is 11.3 Å². The van der Waals surface area contributed by atoms with Crippen LogP contribution in [0.3, 0.4) is 0 Å². The highest BCUT2D eigenvalue weighted by Gasteiger charge is 2.21. The van der Waals surface area contributed by atoms with Crippen LogP contribution in [-0.2, 0) is 11.3 Å². The lowest BCUT2D eigenvalue weighted by Crippen LogP contribution is -2.07. The number of ether oxygens (including phenoxy) is 2. The summed E-state index contributed by atoms with van der Waals surface area (Å²) in [6.45, 7) is -0.238. The highest BCUT2D eigenvalue weighted by Crippen LogP contribution is 2.35. The molecule has 33 heavy (non-hydrogen) atoms. The van der Waals surface area contributed by atoms with Gasteiger partial charge in [-0.25, -0.2) is 9.78 Å². The maximum atomic E-state index is 11.7. The number of carbonyl (C=O) groups is 1. The lowest BCUT2D eigenvalue weighted by molar-refractivity contribution is -0.385. The number of hydrogen-bond acceptors (Lipinski definition) is 9. The van der Waals surface area contributed by atoms with Crippen molar-refractivity contribution >= 4 is 23.0 Å². The second-order valence-corrected chi connectivity index (χ2v) is 7.66. The minimum Gasteiger partial charge on any atom is -0.472 e. The number of pyridine rings is 1. The number of rotatable bonds is 7. The molecule has 0 bridgehead atoms. The largest absolute Gasteiger partial charge is 0.472 e. The van der Waals surface area contributed by atoms with Crippen molar-refractivity contribution in [1.29, 1.82) is 5.26 Å². The number of benzene rings is 1. The molecule has 3 heterocycles. The summed E-state index contributed by atoms with van der Waals surface area (Å²) in [4.78, 5) is 28.0. The molecule has 0 aliphatic carbocycles. The van der Waals surface area contributed by atoms with Gasteiger partial charge in [-0.05, 0) is 35.7 Å². The summed E-state index contributed by atoms with van der Waals surface area (Å²) in [6.07, 6.45) is 3.00. The minimum atomic E-state index is -0.688. The molecule has 164 valence electrons. The molecule has 0 saturated heterocycles. The smallest absolute Gasteiger partial charge is 0.338 e. The quantitative estimate of drug-likeness (QED) is 0.208. The van der Waals surface area contributed by atoms with E-state index in [0.717, 1.165) is 10.9 Å². The fourth-order valence-corrected chi connectivity index (χ4v) is 3.86. The van der Waals surface area contributed by atoms with Gasteiger partial charge in [-0.2, -0.15) is 5.26 Å². The van der Waals surface area contributed by atoms with Crippen LogP contribution in [-0.4, -0.2) is 23.0 Å². The average molecular weight is 461 g/mol. The molecule has 0 N–H and O–H groups in total. The Kier molecular flexibility index (Phi) is 6.15. The predicted octanol–water partition coefficient (Wildman–Crippen LogP) is 5.22. The van der Waals surface area contributed by atoms with Crippen LogP contribution < -0.4 is 4.74 Å². The fraction of sp³-hybridized carbons (Fsp3) is 0.0870. The zero-order valence-corrected chi connectivity index (χ0v) is 18.0. The molecule has 0 aliphatic rings. The van der Waals surface area contributed by atoms with Crippen LogP contribution in [0.25, 0.3) is 21.7 Å². The summed E-state index contributed by atoms with van der Waals surface area (Å²) in [6, 6.07) is 13.3. The molecule has 4 aromatic rings. The second-order valence-electron chi connectivity index (χ2n) is 6.72. The van der Waals surface area contributed by atoms with Crippen LogP contribution in [0.15, 0.2) is 64.8 Å². The summed E-state index contributed by atoms with van der Waals surface area (Å²) in [5.41, 5.74) is 1.95. The second kappa shape index (κ2) is 9.33. The van der Waals surface area contributed by atoms with Crippen molar-refractivity contribution in [3.05, 3.63) is 87.2 Å². The normalized spacial score (nSPS) is 10.4. The highest BCUT2D eigenvalue weighted by molar-refractivity contribution is 7.13. The van der Waals surface area contributed by atoms with Gasteiger partial charge in [0.15, 0.2) is 0 Å². The Morgan fingerprint density at radius 1 is 1.30 bits per heavy atom. The van der Waals surface area contributed by atoms with E-state index in [9.17, 15) is 20.2 Å². The van der Waals surface area contributed by atoms with Crippen LogP contribution in [0.1, 0.15) is 21.5 Å². The van der Waals surface area contributed by atoms with Gasteiger partial charge in [0.25, 0.3) is 5.69 Å². The standard InChI is InChI=1S/C23H15N3O6S/c1-30-23(27)14-4-5-16(20(9-14)26(28)29)13-32-22-18(11-24)17(15-6-7-31-12-15)10-19(25-22)21-3-2-8-33-21/h2-10,12H,13H2,1H3. The molecule has 1 aromatic carbocycles. The monoisotopic (exact) mass is 461 g/mol. The summed E-state index contributed by atoms with van der Waals surface area (Å²) >= 11 is 1.47. The van der Waals surface area contributed by atoms with Crippen molar-refractivity contribution in [3.63, 3.8) is 0 Å². The lowest BCUT2D eigenvalue weighted by Gasteiger charge is -2.12. The maximum Gasteiger partial charge on any atom is 0.338 e. The van der Waals surface area contributed by atoms with E-state index < -0.39 is 10.9 Å². The zero-order chi connectivity index (χ0) is 23.4. The molecule has 0 saturated carbocycles. The Hall–Kier alpha value is -4.49. The highest BCUT2D eigenvalue weighted by atomic mass is 32.1. The van der Waals surface area contributed by atoms with E-state index in [0.29, 0.717) is 16.8 Å². The van der Waals surface area contributed by atoms with Gasteiger partial charge < -0.3 is 13.9 Å². The van der Waals surface area contributed by atoms with Gasteiger partial charge in [-0.3, -0.25) is 10.1 Å². The SMILES string of the molecule is COC(=O)c1ccc(COc2nc(-c3cccs3)cc(-c3ccoc3)c2C#N)c([N+](=O)[O-])c1. The minimum absolute atomic E-state index is 0.0333. The first-order valence-corrected chi connectivity index (χ1v) is 10.4. The van der Waals surface area contributed by atoms with Gasteiger partial charge in [0.05, 0.1) is 46.3 Å². The number of nitro benzene ring substituents is 1. The van der Waals surface area contributed by atoms with E-state index in [4.69, 9.17) is 9.15 Å². The summed E-state index contributed by atoms with van der Waals surface area (Å²) in [5.74, 6) is -0.654. The van der Waals surface area contributed by atoms with E-state index in [1.165, 1.54) is 43.1 Å². The molecule has 3 aromatic heterocycles. The molecule has 9 nitrogen and oxygen atoms in total. The molecular formula is C23H15N3O6S. The Balaban J connectivity index is 1.75. The van der Waals surface area contributed by atoms with E-state index >= 15 is 0 Å². The molecule has 0 radical (unpaired) electrons. The van der Waals surface area contributed by atoms with Crippen molar-refractivity contribution < 1.29 is 23.6 Å². The van der Waals surface area contributed by atoms with Crippen LogP contribution in [0.2, 0.25) is 0 Å². The first kappa shape index (κ1) is 21.7. The van der Waals surface area contributed by atoms with Gasteiger partial charge in [0.2, 0.25) is 5.88 Å². The number of nitrogens with zero attached hydrogens (tertiary/aromatic N) is 3.